The smallest absolute Gasteiger partial charge is 0.123 e. The first-order chi connectivity index (χ1) is 12.8. The van der Waals surface area contributed by atoms with Gasteiger partial charge in [0.25, 0.3) is 0 Å². The lowest BCUT2D eigenvalue weighted by Gasteiger charge is -2.32. The molecule has 6 heteroatoms. The second kappa shape index (κ2) is 7.74. The summed E-state index contributed by atoms with van der Waals surface area (Å²) in [5.74, 6) is 2.53. The van der Waals surface area contributed by atoms with E-state index < -0.39 is 0 Å². The normalized spacial score (nSPS) is 18.1. The van der Waals surface area contributed by atoms with Gasteiger partial charge >= 0.3 is 0 Å². The lowest BCUT2D eigenvalue weighted by Crippen LogP contribution is -2.34. The number of nitrogens with zero attached hydrogens (tertiary/aromatic N) is 4. The minimum absolute atomic E-state index is 0.501. The van der Waals surface area contributed by atoms with Crippen molar-refractivity contribution in [2.24, 2.45) is 0 Å². The molecule has 26 heavy (non-hydrogen) atoms. The molecule has 0 spiro atoms. The predicted molar refractivity (Wildman–Crippen MR) is 100 cm³/mol. The van der Waals surface area contributed by atoms with Gasteiger partial charge in [0.2, 0.25) is 0 Å². The first-order valence-corrected chi connectivity index (χ1v) is 9.16. The number of hydrogen-bond donors (Lipinski definition) is 1. The molecule has 2 aromatic heterocycles. The van der Waals surface area contributed by atoms with Gasteiger partial charge in [0.05, 0.1) is 13.7 Å². The Morgan fingerprint density at radius 1 is 1.27 bits per heavy atom. The highest BCUT2D eigenvalue weighted by molar-refractivity contribution is 5.37. The molecule has 1 unspecified atom stereocenters. The fourth-order valence-corrected chi connectivity index (χ4v) is 3.80. The summed E-state index contributed by atoms with van der Waals surface area (Å²) < 4.78 is 7.46. The minimum atomic E-state index is 0.501. The van der Waals surface area contributed by atoms with E-state index in [4.69, 9.17) is 4.74 Å². The highest BCUT2D eigenvalue weighted by Crippen LogP contribution is 2.27. The number of nitrogens with one attached hydrogen (secondary N) is 1. The van der Waals surface area contributed by atoms with Crippen molar-refractivity contribution in [3.8, 4) is 5.75 Å². The van der Waals surface area contributed by atoms with Crippen molar-refractivity contribution in [2.45, 2.75) is 31.8 Å². The Balaban J connectivity index is 1.47. The monoisotopic (exact) mass is 351 g/mol. The minimum Gasteiger partial charge on any atom is -0.496 e. The second-order valence-electron chi connectivity index (χ2n) is 6.90. The molecular weight excluding hydrogens is 326 g/mol. The number of likely N-dealkylation sites (tertiary alicyclic amines) is 1. The van der Waals surface area contributed by atoms with Crippen molar-refractivity contribution in [2.75, 3.05) is 20.2 Å². The van der Waals surface area contributed by atoms with Gasteiger partial charge in [0, 0.05) is 49.4 Å². The maximum atomic E-state index is 5.54. The zero-order chi connectivity index (χ0) is 17.8. The van der Waals surface area contributed by atoms with Gasteiger partial charge in [-0.3, -0.25) is 9.58 Å². The van der Waals surface area contributed by atoms with E-state index in [0.717, 1.165) is 43.3 Å². The van der Waals surface area contributed by atoms with Gasteiger partial charge in [-0.25, -0.2) is 4.98 Å². The van der Waals surface area contributed by atoms with Gasteiger partial charge in [0.15, 0.2) is 0 Å². The first kappa shape index (κ1) is 16.8. The maximum Gasteiger partial charge on any atom is 0.123 e. The van der Waals surface area contributed by atoms with Gasteiger partial charge in [-0.15, -0.1) is 0 Å². The molecule has 4 rings (SSSR count). The van der Waals surface area contributed by atoms with Crippen LogP contribution in [-0.4, -0.2) is 44.8 Å². The Hall–Kier alpha value is -2.60. The lowest BCUT2D eigenvalue weighted by molar-refractivity contribution is 0.197. The molecule has 1 aliphatic heterocycles. The number of rotatable bonds is 6. The van der Waals surface area contributed by atoms with Gasteiger partial charge in [-0.2, -0.15) is 5.10 Å². The molecular formula is C20H25N5O. The number of benzene rings is 1. The molecule has 0 amide bonds. The van der Waals surface area contributed by atoms with E-state index in [-0.39, 0.29) is 0 Å². The van der Waals surface area contributed by atoms with E-state index in [2.05, 4.69) is 38.2 Å². The highest BCUT2D eigenvalue weighted by Gasteiger charge is 2.23. The fourth-order valence-electron chi connectivity index (χ4n) is 3.80. The average Bonchev–Trinajstić information content (AvgIpc) is 3.36. The Morgan fingerprint density at radius 2 is 2.23 bits per heavy atom. The molecule has 6 nitrogen and oxygen atoms in total. The third-order valence-electron chi connectivity index (χ3n) is 5.05. The summed E-state index contributed by atoms with van der Waals surface area (Å²) in [6.45, 7) is 3.86. The van der Waals surface area contributed by atoms with E-state index in [0.29, 0.717) is 5.92 Å². The number of H-pyrrole nitrogens is 1. The van der Waals surface area contributed by atoms with E-state index >= 15 is 0 Å². The SMILES string of the molecule is COc1ccc(CN2CCCC(c3ncc[nH]3)C2)cc1Cn1cccn1. The molecule has 0 radical (unpaired) electrons. The van der Waals surface area contributed by atoms with Crippen LogP contribution in [0, 0.1) is 0 Å². The summed E-state index contributed by atoms with van der Waals surface area (Å²) in [5.41, 5.74) is 2.47. The maximum absolute atomic E-state index is 5.54. The van der Waals surface area contributed by atoms with Gasteiger partial charge in [0.1, 0.15) is 11.6 Å². The number of piperidine rings is 1. The molecule has 0 bridgehead atoms. The lowest BCUT2D eigenvalue weighted by atomic mass is 9.96. The summed E-state index contributed by atoms with van der Waals surface area (Å²) in [6, 6.07) is 8.43. The molecule has 3 heterocycles. The molecule has 1 fully saturated rings. The molecule has 1 aliphatic rings. The van der Waals surface area contributed by atoms with Crippen LogP contribution in [0.2, 0.25) is 0 Å². The molecule has 0 saturated carbocycles. The zero-order valence-corrected chi connectivity index (χ0v) is 15.1. The van der Waals surface area contributed by atoms with E-state index in [1.165, 1.54) is 18.4 Å². The first-order valence-electron chi connectivity index (χ1n) is 9.16. The number of aromatic nitrogens is 4. The predicted octanol–water partition coefficient (Wildman–Crippen LogP) is 3.04. The standard InChI is InChI=1S/C20H25N5O/c1-26-19-6-5-16(12-18(19)15-25-11-3-7-23-25)13-24-10-2-4-17(14-24)20-21-8-9-22-20/h3,5-9,11-12,17H,2,4,10,13-15H2,1H3,(H,21,22). The van der Waals surface area contributed by atoms with Crippen LogP contribution in [0.1, 0.15) is 35.7 Å². The summed E-state index contributed by atoms with van der Waals surface area (Å²) in [5, 5.41) is 4.31. The van der Waals surface area contributed by atoms with Crippen LogP contribution < -0.4 is 4.74 Å². The molecule has 136 valence electrons. The summed E-state index contributed by atoms with van der Waals surface area (Å²) in [7, 11) is 1.72. The van der Waals surface area contributed by atoms with Crippen molar-refractivity contribution in [1.29, 1.82) is 0 Å². The average molecular weight is 351 g/mol. The van der Waals surface area contributed by atoms with Crippen molar-refractivity contribution in [3.63, 3.8) is 0 Å². The number of hydrogen-bond acceptors (Lipinski definition) is 4. The Labute approximate surface area is 153 Å². The van der Waals surface area contributed by atoms with Crippen molar-refractivity contribution in [3.05, 3.63) is 66.0 Å². The largest absolute Gasteiger partial charge is 0.496 e. The zero-order valence-electron chi connectivity index (χ0n) is 15.1. The number of ether oxygens (including phenoxy) is 1. The van der Waals surface area contributed by atoms with Crippen LogP contribution in [0.5, 0.6) is 5.75 Å². The van der Waals surface area contributed by atoms with Crippen LogP contribution in [0.25, 0.3) is 0 Å². The van der Waals surface area contributed by atoms with Crippen LogP contribution in [0.4, 0.5) is 0 Å². The molecule has 3 aromatic rings. The van der Waals surface area contributed by atoms with Crippen LogP contribution >= 0.6 is 0 Å². The van der Waals surface area contributed by atoms with Crippen LogP contribution in [0.15, 0.2) is 49.1 Å². The number of aromatic amines is 1. The van der Waals surface area contributed by atoms with Gasteiger partial charge in [-0.1, -0.05) is 6.07 Å². The highest BCUT2D eigenvalue weighted by atomic mass is 16.5. The number of imidazole rings is 1. The second-order valence-corrected chi connectivity index (χ2v) is 6.90. The fraction of sp³-hybridized carbons (Fsp3) is 0.400. The van der Waals surface area contributed by atoms with E-state index in [1.807, 2.05) is 29.3 Å². The quantitative estimate of drug-likeness (QED) is 0.742. The molecule has 0 aliphatic carbocycles. The topological polar surface area (TPSA) is 59.0 Å². The summed E-state index contributed by atoms with van der Waals surface area (Å²) in [6.07, 6.45) is 9.96. The summed E-state index contributed by atoms with van der Waals surface area (Å²) >= 11 is 0. The Kier molecular flexibility index (Phi) is 5.02. The summed E-state index contributed by atoms with van der Waals surface area (Å²) in [4.78, 5) is 10.3. The van der Waals surface area contributed by atoms with Crippen molar-refractivity contribution in [1.82, 2.24) is 24.6 Å². The molecule has 1 N–H and O–H groups in total. The Morgan fingerprint density at radius 3 is 3.00 bits per heavy atom. The molecule has 1 saturated heterocycles. The van der Waals surface area contributed by atoms with Crippen LogP contribution in [-0.2, 0) is 13.1 Å². The van der Waals surface area contributed by atoms with Crippen molar-refractivity contribution >= 4 is 0 Å². The Bertz CT molecular complexity index is 813. The van der Waals surface area contributed by atoms with E-state index in [9.17, 15) is 0 Å². The van der Waals surface area contributed by atoms with Crippen molar-refractivity contribution < 1.29 is 4.74 Å². The third kappa shape index (κ3) is 3.80. The third-order valence-corrected chi connectivity index (χ3v) is 5.05. The van der Waals surface area contributed by atoms with Gasteiger partial charge in [-0.05, 0) is 43.1 Å². The van der Waals surface area contributed by atoms with E-state index in [1.54, 1.807) is 13.3 Å². The van der Waals surface area contributed by atoms with Gasteiger partial charge < -0.3 is 9.72 Å². The molecule has 1 atom stereocenters. The number of methoxy groups -OCH3 is 1. The molecule has 1 aromatic carbocycles. The van der Waals surface area contributed by atoms with Crippen LogP contribution in [0.3, 0.4) is 0 Å².